The standard InChI is InChI=1S/C11H13BrClNO3S/c12-7-4-8(18-10(7)13)9(11(15)16)14-5-6-2-1-3-17-6/h4,6,9,14H,1-3,5H2,(H,15,16). The Balaban J connectivity index is 2.01. The topological polar surface area (TPSA) is 58.6 Å². The molecule has 0 aliphatic carbocycles. The Morgan fingerprint density at radius 1 is 1.78 bits per heavy atom. The zero-order chi connectivity index (χ0) is 13.1. The van der Waals surface area contributed by atoms with Crippen molar-refractivity contribution in [2.75, 3.05) is 13.2 Å². The third kappa shape index (κ3) is 3.45. The Morgan fingerprint density at radius 2 is 2.56 bits per heavy atom. The second-order valence-corrected chi connectivity index (χ2v) is 6.63. The normalized spacial score (nSPS) is 21.1. The predicted octanol–water partition coefficient (Wildman–Crippen LogP) is 3.06. The lowest BCUT2D eigenvalue weighted by atomic mass is 10.2. The van der Waals surface area contributed by atoms with Crippen LogP contribution >= 0.6 is 38.9 Å². The molecule has 1 saturated heterocycles. The smallest absolute Gasteiger partial charge is 0.326 e. The van der Waals surface area contributed by atoms with Crippen molar-refractivity contribution in [3.63, 3.8) is 0 Å². The van der Waals surface area contributed by atoms with E-state index in [-0.39, 0.29) is 6.10 Å². The van der Waals surface area contributed by atoms with E-state index in [0.29, 0.717) is 15.8 Å². The molecule has 0 saturated carbocycles. The van der Waals surface area contributed by atoms with Gasteiger partial charge in [0.2, 0.25) is 0 Å². The maximum Gasteiger partial charge on any atom is 0.326 e. The van der Waals surface area contributed by atoms with Crippen LogP contribution in [0.4, 0.5) is 0 Å². The van der Waals surface area contributed by atoms with Crippen LogP contribution in [0.5, 0.6) is 0 Å². The van der Waals surface area contributed by atoms with E-state index in [4.69, 9.17) is 16.3 Å². The Morgan fingerprint density at radius 3 is 3.06 bits per heavy atom. The lowest BCUT2D eigenvalue weighted by molar-refractivity contribution is -0.139. The van der Waals surface area contributed by atoms with Crippen molar-refractivity contribution in [1.29, 1.82) is 0 Å². The number of carboxylic acids is 1. The van der Waals surface area contributed by atoms with Gasteiger partial charge in [0, 0.05) is 22.5 Å². The lowest BCUT2D eigenvalue weighted by Gasteiger charge is -2.16. The molecule has 2 atom stereocenters. The minimum absolute atomic E-state index is 0.116. The van der Waals surface area contributed by atoms with Crippen LogP contribution in [0.3, 0.4) is 0 Å². The van der Waals surface area contributed by atoms with Gasteiger partial charge in [0.1, 0.15) is 10.4 Å². The fourth-order valence-corrected chi connectivity index (χ4v) is 3.67. The first-order chi connectivity index (χ1) is 8.58. The maximum absolute atomic E-state index is 11.3. The molecule has 1 aliphatic rings. The average Bonchev–Trinajstić information content (AvgIpc) is 2.90. The molecule has 2 unspecified atom stereocenters. The molecule has 18 heavy (non-hydrogen) atoms. The highest BCUT2D eigenvalue weighted by Gasteiger charge is 2.25. The SMILES string of the molecule is O=C(O)C(NCC1CCCO1)c1cc(Br)c(Cl)s1. The van der Waals surface area contributed by atoms with Crippen LogP contribution in [0.15, 0.2) is 10.5 Å². The van der Waals surface area contributed by atoms with Crippen LogP contribution in [-0.2, 0) is 9.53 Å². The molecule has 1 aliphatic heterocycles. The Hall–Kier alpha value is -0.140. The summed E-state index contributed by atoms with van der Waals surface area (Å²) in [7, 11) is 0. The molecule has 0 bridgehead atoms. The van der Waals surface area contributed by atoms with Gasteiger partial charge in [-0.3, -0.25) is 10.1 Å². The third-order valence-corrected chi connectivity index (χ3v) is 5.31. The van der Waals surface area contributed by atoms with Crippen molar-refractivity contribution in [3.8, 4) is 0 Å². The molecule has 0 amide bonds. The Bertz CT molecular complexity index is 414. The molecular weight excluding hydrogens is 342 g/mol. The first-order valence-corrected chi connectivity index (χ1v) is 7.59. The van der Waals surface area contributed by atoms with Crippen LogP contribution < -0.4 is 5.32 Å². The quantitative estimate of drug-likeness (QED) is 0.853. The molecule has 1 aromatic heterocycles. The van der Waals surface area contributed by atoms with E-state index in [1.165, 1.54) is 11.3 Å². The van der Waals surface area contributed by atoms with E-state index in [1.807, 2.05) is 0 Å². The second-order valence-electron chi connectivity index (χ2n) is 4.08. The first-order valence-electron chi connectivity index (χ1n) is 5.60. The van der Waals surface area contributed by atoms with Gasteiger partial charge in [0.25, 0.3) is 0 Å². The van der Waals surface area contributed by atoms with Crippen molar-refractivity contribution >= 4 is 44.8 Å². The highest BCUT2D eigenvalue weighted by Crippen LogP contribution is 2.35. The highest BCUT2D eigenvalue weighted by molar-refractivity contribution is 9.10. The molecule has 2 heterocycles. The maximum atomic E-state index is 11.3. The molecule has 7 heteroatoms. The Labute approximate surface area is 122 Å². The third-order valence-electron chi connectivity index (χ3n) is 2.77. The lowest BCUT2D eigenvalue weighted by Crippen LogP contribution is -2.33. The number of carbonyl (C=O) groups is 1. The monoisotopic (exact) mass is 353 g/mol. The van der Waals surface area contributed by atoms with E-state index in [1.54, 1.807) is 6.07 Å². The van der Waals surface area contributed by atoms with Gasteiger partial charge in [-0.15, -0.1) is 11.3 Å². The predicted molar refractivity (Wildman–Crippen MR) is 74.4 cm³/mol. The molecule has 2 N–H and O–H groups in total. The molecule has 2 rings (SSSR count). The summed E-state index contributed by atoms with van der Waals surface area (Å²) >= 11 is 10.5. The van der Waals surface area contributed by atoms with Crippen molar-refractivity contribution in [1.82, 2.24) is 5.32 Å². The van der Waals surface area contributed by atoms with Gasteiger partial charge >= 0.3 is 5.97 Å². The summed E-state index contributed by atoms with van der Waals surface area (Å²) in [6, 6.07) is 1.01. The summed E-state index contributed by atoms with van der Waals surface area (Å²) in [5, 5.41) is 12.3. The van der Waals surface area contributed by atoms with Gasteiger partial charge < -0.3 is 9.84 Å². The van der Waals surface area contributed by atoms with E-state index in [2.05, 4.69) is 21.2 Å². The van der Waals surface area contributed by atoms with Gasteiger partial charge in [-0.1, -0.05) is 11.6 Å². The number of aliphatic carboxylic acids is 1. The van der Waals surface area contributed by atoms with Crippen molar-refractivity contribution in [2.24, 2.45) is 0 Å². The van der Waals surface area contributed by atoms with Crippen LogP contribution in [0.25, 0.3) is 0 Å². The van der Waals surface area contributed by atoms with Gasteiger partial charge in [0.05, 0.1) is 6.10 Å². The largest absolute Gasteiger partial charge is 0.480 e. The zero-order valence-electron chi connectivity index (χ0n) is 9.49. The van der Waals surface area contributed by atoms with Crippen molar-refractivity contribution in [2.45, 2.75) is 25.0 Å². The summed E-state index contributed by atoms with van der Waals surface area (Å²) < 4.78 is 6.76. The first kappa shape index (κ1) is 14.3. The number of carboxylic acid groups (broad SMARTS) is 1. The summed E-state index contributed by atoms with van der Waals surface area (Å²) in [6.45, 7) is 1.31. The summed E-state index contributed by atoms with van der Waals surface area (Å²) in [5.41, 5.74) is 0. The van der Waals surface area contributed by atoms with E-state index in [9.17, 15) is 9.90 Å². The molecule has 1 fully saturated rings. The average molecular weight is 355 g/mol. The Kier molecular flexibility index (Phi) is 5.03. The fourth-order valence-electron chi connectivity index (χ4n) is 1.87. The zero-order valence-corrected chi connectivity index (χ0v) is 12.6. The molecule has 1 aromatic rings. The van der Waals surface area contributed by atoms with E-state index >= 15 is 0 Å². The minimum Gasteiger partial charge on any atom is -0.480 e. The molecule has 100 valence electrons. The molecule has 0 spiro atoms. The number of thiophene rings is 1. The van der Waals surface area contributed by atoms with Gasteiger partial charge in [-0.25, -0.2) is 0 Å². The van der Waals surface area contributed by atoms with E-state index < -0.39 is 12.0 Å². The molecule has 0 aromatic carbocycles. The molecule has 0 radical (unpaired) electrons. The van der Waals surface area contributed by atoms with Crippen LogP contribution in [0, 0.1) is 0 Å². The number of hydrogen-bond acceptors (Lipinski definition) is 4. The van der Waals surface area contributed by atoms with E-state index in [0.717, 1.165) is 23.9 Å². The van der Waals surface area contributed by atoms with Crippen molar-refractivity contribution in [3.05, 3.63) is 19.8 Å². The number of nitrogens with one attached hydrogen (secondary N) is 1. The number of ether oxygens (including phenoxy) is 1. The fraction of sp³-hybridized carbons (Fsp3) is 0.545. The number of hydrogen-bond donors (Lipinski definition) is 2. The van der Waals surface area contributed by atoms with Crippen LogP contribution in [-0.4, -0.2) is 30.3 Å². The van der Waals surface area contributed by atoms with Crippen LogP contribution in [0.2, 0.25) is 4.34 Å². The van der Waals surface area contributed by atoms with Gasteiger partial charge in [-0.05, 0) is 34.8 Å². The van der Waals surface area contributed by atoms with Crippen molar-refractivity contribution < 1.29 is 14.6 Å². The van der Waals surface area contributed by atoms with Gasteiger partial charge in [-0.2, -0.15) is 0 Å². The number of halogens is 2. The molecular formula is C11H13BrClNO3S. The number of rotatable bonds is 5. The summed E-state index contributed by atoms with van der Waals surface area (Å²) in [6.07, 6.45) is 2.14. The molecule has 4 nitrogen and oxygen atoms in total. The van der Waals surface area contributed by atoms with Crippen LogP contribution in [0.1, 0.15) is 23.8 Å². The minimum atomic E-state index is -0.904. The summed E-state index contributed by atoms with van der Waals surface area (Å²) in [4.78, 5) is 12.0. The summed E-state index contributed by atoms with van der Waals surface area (Å²) in [5.74, 6) is -0.904. The second kappa shape index (κ2) is 6.34. The van der Waals surface area contributed by atoms with Gasteiger partial charge in [0.15, 0.2) is 0 Å². The highest BCUT2D eigenvalue weighted by atomic mass is 79.9.